The molecule has 72 valence electrons. The molecule has 1 rings (SSSR count). The maximum Gasteiger partial charge on any atom is 0.0367 e. The molecule has 0 bridgehead atoms. The quantitative estimate of drug-likeness (QED) is 0.637. The fraction of sp³-hybridized carbons (Fsp3) is 0.500. The standard InChI is InChI=1S/C12H17Br/c1-9(13)10-5-7-11(8-6-10)12(2,3)4/h5-9H,1-4H3/t9-/m1/s1. The summed E-state index contributed by atoms with van der Waals surface area (Å²) in [5.41, 5.74) is 2.99. The Morgan fingerprint density at radius 1 is 1.08 bits per heavy atom. The molecule has 0 aromatic heterocycles. The van der Waals surface area contributed by atoms with Crippen LogP contribution in [0.5, 0.6) is 0 Å². The van der Waals surface area contributed by atoms with E-state index in [4.69, 9.17) is 0 Å². The van der Waals surface area contributed by atoms with Crippen LogP contribution >= 0.6 is 15.9 Å². The maximum absolute atomic E-state index is 3.56. The van der Waals surface area contributed by atoms with Crippen molar-refractivity contribution in [1.29, 1.82) is 0 Å². The summed E-state index contributed by atoms with van der Waals surface area (Å²) in [7, 11) is 0. The zero-order valence-electron chi connectivity index (χ0n) is 8.76. The molecule has 0 aliphatic heterocycles. The number of alkyl halides is 1. The molecule has 0 saturated carbocycles. The molecule has 0 saturated heterocycles. The third-order valence-corrected chi connectivity index (χ3v) is 2.76. The van der Waals surface area contributed by atoms with Crippen LogP contribution in [0.2, 0.25) is 0 Å². The molecule has 0 amide bonds. The lowest BCUT2D eigenvalue weighted by molar-refractivity contribution is 0.590. The number of hydrogen-bond donors (Lipinski definition) is 0. The van der Waals surface area contributed by atoms with Gasteiger partial charge in [-0.15, -0.1) is 0 Å². The molecule has 1 aromatic rings. The second kappa shape index (κ2) is 3.83. The van der Waals surface area contributed by atoms with Gasteiger partial charge in [-0.2, -0.15) is 0 Å². The van der Waals surface area contributed by atoms with Gasteiger partial charge in [-0.25, -0.2) is 0 Å². The van der Waals surface area contributed by atoms with Crippen LogP contribution in [0.4, 0.5) is 0 Å². The molecule has 13 heavy (non-hydrogen) atoms. The van der Waals surface area contributed by atoms with Crippen LogP contribution in [-0.2, 0) is 5.41 Å². The Morgan fingerprint density at radius 2 is 1.54 bits per heavy atom. The summed E-state index contributed by atoms with van der Waals surface area (Å²) in [6.45, 7) is 8.85. The van der Waals surface area contributed by atoms with E-state index in [9.17, 15) is 0 Å². The van der Waals surface area contributed by atoms with Crippen LogP contribution in [-0.4, -0.2) is 0 Å². The average Bonchev–Trinajstić information content (AvgIpc) is 2.03. The van der Waals surface area contributed by atoms with Gasteiger partial charge in [-0.1, -0.05) is 61.0 Å². The summed E-state index contributed by atoms with van der Waals surface area (Å²) in [6.07, 6.45) is 0. The molecule has 0 heterocycles. The van der Waals surface area contributed by atoms with E-state index in [2.05, 4.69) is 67.9 Å². The van der Waals surface area contributed by atoms with E-state index in [0.717, 1.165) is 0 Å². The molecule has 0 radical (unpaired) electrons. The summed E-state index contributed by atoms with van der Waals surface area (Å²) in [4.78, 5) is 0.446. The van der Waals surface area contributed by atoms with E-state index in [0.29, 0.717) is 4.83 Å². The van der Waals surface area contributed by atoms with Gasteiger partial charge >= 0.3 is 0 Å². The van der Waals surface area contributed by atoms with Crippen LogP contribution in [0.25, 0.3) is 0 Å². The van der Waals surface area contributed by atoms with Gasteiger partial charge in [0.2, 0.25) is 0 Å². The lowest BCUT2D eigenvalue weighted by atomic mass is 9.86. The molecule has 1 aromatic carbocycles. The summed E-state index contributed by atoms with van der Waals surface area (Å²) in [6, 6.07) is 8.82. The van der Waals surface area contributed by atoms with Crippen molar-refractivity contribution in [1.82, 2.24) is 0 Å². The SMILES string of the molecule is C[C@@H](Br)c1ccc(C(C)(C)C)cc1. The van der Waals surface area contributed by atoms with Gasteiger partial charge in [-0.3, -0.25) is 0 Å². The van der Waals surface area contributed by atoms with Gasteiger partial charge in [-0.05, 0) is 23.5 Å². The van der Waals surface area contributed by atoms with Crippen molar-refractivity contribution in [3.05, 3.63) is 35.4 Å². The highest BCUT2D eigenvalue weighted by atomic mass is 79.9. The predicted molar refractivity (Wildman–Crippen MR) is 62.5 cm³/mol. The van der Waals surface area contributed by atoms with Crippen molar-refractivity contribution < 1.29 is 0 Å². The highest BCUT2D eigenvalue weighted by Crippen LogP contribution is 2.26. The zero-order valence-corrected chi connectivity index (χ0v) is 10.4. The van der Waals surface area contributed by atoms with E-state index in [1.54, 1.807) is 0 Å². The number of halogens is 1. The van der Waals surface area contributed by atoms with E-state index in [-0.39, 0.29) is 5.41 Å². The molecule has 0 unspecified atom stereocenters. The fourth-order valence-corrected chi connectivity index (χ4v) is 1.55. The monoisotopic (exact) mass is 240 g/mol. The van der Waals surface area contributed by atoms with Crippen LogP contribution in [0.1, 0.15) is 43.6 Å². The molecule has 0 N–H and O–H groups in total. The first-order valence-corrected chi connectivity index (χ1v) is 5.57. The third kappa shape index (κ3) is 2.84. The van der Waals surface area contributed by atoms with Crippen molar-refractivity contribution >= 4 is 15.9 Å². The normalized spacial score (nSPS) is 14.2. The van der Waals surface area contributed by atoms with Crippen LogP contribution in [0.3, 0.4) is 0 Å². The van der Waals surface area contributed by atoms with Crippen LogP contribution in [0.15, 0.2) is 24.3 Å². The van der Waals surface area contributed by atoms with Crippen molar-refractivity contribution in [2.45, 2.75) is 37.9 Å². The summed E-state index contributed by atoms with van der Waals surface area (Å²) < 4.78 is 0. The minimum absolute atomic E-state index is 0.258. The largest absolute Gasteiger partial charge is 0.0842 e. The van der Waals surface area contributed by atoms with Crippen molar-refractivity contribution in [2.24, 2.45) is 0 Å². The fourth-order valence-electron chi connectivity index (χ4n) is 1.25. The van der Waals surface area contributed by atoms with Gasteiger partial charge in [0, 0.05) is 4.83 Å². The Balaban J connectivity index is 2.94. The minimum Gasteiger partial charge on any atom is -0.0842 e. The molecule has 0 fully saturated rings. The Labute approximate surface area is 89.5 Å². The zero-order chi connectivity index (χ0) is 10.1. The molecule has 0 nitrogen and oxygen atoms in total. The summed E-state index contributed by atoms with van der Waals surface area (Å²) in [5.74, 6) is 0. The minimum atomic E-state index is 0.258. The first kappa shape index (κ1) is 10.8. The van der Waals surface area contributed by atoms with Gasteiger partial charge in [0.05, 0.1) is 0 Å². The number of benzene rings is 1. The van der Waals surface area contributed by atoms with Gasteiger partial charge in [0.25, 0.3) is 0 Å². The molecule has 0 aliphatic rings. The lowest BCUT2D eigenvalue weighted by Gasteiger charge is -2.19. The lowest BCUT2D eigenvalue weighted by Crippen LogP contribution is -2.10. The van der Waals surface area contributed by atoms with E-state index in [1.807, 2.05) is 0 Å². The highest BCUT2D eigenvalue weighted by molar-refractivity contribution is 9.09. The molecule has 1 heteroatoms. The average molecular weight is 241 g/mol. The molecular formula is C12H17Br. The van der Waals surface area contributed by atoms with Crippen LogP contribution in [0, 0.1) is 0 Å². The van der Waals surface area contributed by atoms with Crippen LogP contribution < -0.4 is 0 Å². The van der Waals surface area contributed by atoms with E-state index >= 15 is 0 Å². The number of hydrogen-bond acceptors (Lipinski definition) is 0. The topological polar surface area (TPSA) is 0 Å². The predicted octanol–water partition coefficient (Wildman–Crippen LogP) is 4.44. The molecular weight excluding hydrogens is 224 g/mol. The first-order chi connectivity index (χ1) is 5.91. The van der Waals surface area contributed by atoms with Gasteiger partial charge in [0.15, 0.2) is 0 Å². The van der Waals surface area contributed by atoms with Crippen molar-refractivity contribution in [3.63, 3.8) is 0 Å². The smallest absolute Gasteiger partial charge is 0.0367 e. The van der Waals surface area contributed by atoms with Crippen molar-refractivity contribution in [2.75, 3.05) is 0 Å². The molecule has 1 atom stereocenters. The summed E-state index contributed by atoms with van der Waals surface area (Å²) in [5, 5.41) is 0. The second-order valence-corrected chi connectivity index (χ2v) is 5.86. The Bertz CT molecular complexity index is 264. The molecule has 0 spiro atoms. The maximum atomic E-state index is 3.56. The van der Waals surface area contributed by atoms with E-state index in [1.165, 1.54) is 11.1 Å². The second-order valence-electron chi connectivity index (χ2n) is 4.49. The Hall–Kier alpha value is -0.300. The first-order valence-electron chi connectivity index (χ1n) is 4.66. The van der Waals surface area contributed by atoms with Gasteiger partial charge in [0.1, 0.15) is 0 Å². The Morgan fingerprint density at radius 3 is 1.85 bits per heavy atom. The van der Waals surface area contributed by atoms with E-state index < -0.39 is 0 Å². The number of rotatable bonds is 1. The van der Waals surface area contributed by atoms with Gasteiger partial charge < -0.3 is 0 Å². The molecule has 0 aliphatic carbocycles. The summed E-state index contributed by atoms with van der Waals surface area (Å²) >= 11 is 3.56. The highest BCUT2D eigenvalue weighted by Gasteiger charge is 2.13. The third-order valence-electron chi connectivity index (χ3n) is 2.24. The van der Waals surface area contributed by atoms with Crippen molar-refractivity contribution in [3.8, 4) is 0 Å². The Kier molecular flexibility index (Phi) is 3.18.